The summed E-state index contributed by atoms with van der Waals surface area (Å²) >= 11 is 0. The van der Waals surface area contributed by atoms with Crippen LogP contribution in [0.5, 0.6) is 0 Å². The Bertz CT molecular complexity index is 403. The van der Waals surface area contributed by atoms with Gasteiger partial charge in [0.25, 0.3) is 0 Å². The van der Waals surface area contributed by atoms with Crippen molar-refractivity contribution in [1.82, 2.24) is 0 Å². The molecule has 0 aliphatic heterocycles. The van der Waals surface area contributed by atoms with Crippen LogP contribution in [0.15, 0.2) is 0 Å². The van der Waals surface area contributed by atoms with E-state index in [1.165, 1.54) is 32.1 Å². The molecule has 0 saturated carbocycles. The summed E-state index contributed by atoms with van der Waals surface area (Å²) in [6.07, 6.45) is 13.2. The molecule has 0 rings (SSSR count). The van der Waals surface area contributed by atoms with Crippen molar-refractivity contribution < 1.29 is 29.2 Å². The van der Waals surface area contributed by atoms with Gasteiger partial charge in [-0.2, -0.15) is 0 Å². The number of aliphatic hydroxyl groups excluding tert-OH is 1. The Morgan fingerprint density at radius 3 is 2.00 bits per heavy atom. The van der Waals surface area contributed by atoms with Gasteiger partial charge in [-0.05, 0) is 33.1 Å². The van der Waals surface area contributed by atoms with Crippen LogP contribution in [0.2, 0.25) is 0 Å². The lowest BCUT2D eigenvalue weighted by Crippen LogP contribution is -2.34. The van der Waals surface area contributed by atoms with Crippen molar-refractivity contribution in [3.8, 4) is 0 Å². The summed E-state index contributed by atoms with van der Waals surface area (Å²) in [5, 5.41) is 19.5. The number of carboxylic acids is 1. The van der Waals surface area contributed by atoms with Gasteiger partial charge < -0.3 is 24.4 Å². The largest absolute Gasteiger partial charge is 0.481 e. The van der Waals surface area contributed by atoms with Gasteiger partial charge in [0.15, 0.2) is 0 Å². The van der Waals surface area contributed by atoms with Gasteiger partial charge in [-0.25, -0.2) is 0 Å². The Balaban J connectivity index is 4.33. The Labute approximate surface area is 191 Å². The molecule has 0 amide bonds. The second-order valence-corrected chi connectivity index (χ2v) is 8.91. The van der Waals surface area contributed by atoms with Gasteiger partial charge in [0.1, 0.15) is 0 Å². The van der Waals surface area contributed by atoms with E-state index in [4.69, 9.17) is 19.3 Å². The van der Waals surface area contributed by atoms with E-state index in [0.29, 0.717) is 13.2 Å². The first-order valence-corrected chi connectivity index (χ1v) is 12.6. The van der Waals surface area contributed by atoms with Crippen LogP contribution in [0.4, 0.5) is 0 Å². The van der Waals surface area contributed by atoms with Crippen molar-refractivity contribution in [3.63, 3.8) is 0 Å². The highest BCUT2D eigenvalue weighted by Crippen LogP contribution is 2.19. The van der Waals surface area contributed by atoms with Crippen LogP contribution in [-0.2, 0) is 19.0 Å². The van der Waals surface area contributed by atoms with Crippen molar-refractivity contribution in [2.24, 2.45) is 0 Å². The predicted octanol–water partition coefficient (Wildman–Crippen LogP) is 5.74. The summed E-state index contributed by atoms with van der Waals surface area (Å²) in [4.78, 5) is 10.6. The zero-order chi connectivity index (χ0) is 23.3. The summed E-state index contributed by atoms with van der Waals surface area (Å²) in [7, 11) is 1.66. The minimum absolute atomic E-state index is 0.0216. The second kappa shape index (κ2) is 21.2. The Kier molecular flexibility index (Phi) is 20.7. The molecule has 4 unspecified atom stereocenters. The maximum Gasteiger partial charge on any atom is 0.303 e. The molecular formula is C25H50O6. The third kappa shape index (κ3) is 19.7. The van der Waals surface area contributed by atoms with Gasteiger partial charge in [-0.1, -0.05) is 71.1 Å². The molecule has 0 fully saturated rings. The fourth-order valence-corrected chi connectivity index (χ4v) is 3.74. The highest BCUT2D eigenvalue weighted by atomic mass is 16.6. The van der Waals surface area contributed by atoms with Crippen molar-refractivity contribution in [2.45, 2.75) is 135 Å². The molecule has 0 bridgehead atoms. The zero-order valence-corrected chi connectivity index (χ0v) is 20.7. The van der Waals surface area contributed by atoms with Gasteiger partial charge >= 0.3 is 5.97 Å². The van der Waals surface area contributed by atoms with E-state index in [-0.39, 0.29) is 24.7 Å². The van der Waals surface area contributed by atoms with Crippen LogP contribution >= 0.6 is 0 Å². The van der Waals surface area contributed by atoms with E-state index in [9.17, 15) is 9.90 Å². The molecule has 6 heteroatoms. The lowest BCUT2D eigenvalue weighted by Gasteiger charge is -2.27. The Morgan fingerprint density at radius 2 is 1.39 bits per heavy atom. The summed E-state index contributed by atoms with van der Waals surface area (Å²) < 4.78 is 17.1. The van der Waals surface area contributed by atoms with Gasteiger partial charge in [0.2, 0.25) is 0 Å². The number of unbranched alkanes of at least 4 members (excludes halogenated alkanes) is 9. The smallest absolute Gasteiger partial charge is 0.303 e. The van der Waals surface area contributed by atoms with Crippen LogP contribution in [0.3, 0.4) is 0 Å². The number of carboxylic acid groups (broad SMARTS) is 1. The number of rotatable bonds is 23. The van der Waals surface area contributed by atoms with Crippen LogP contribution in [0.25, 0.3) is 0 Å². The molecule has 0 radical (unpaired) electrons. The summed E-state index contributed by atoms with van der Waals surface area (Å²) in [5.41, 5.74) is 0. The summed E-state index contributed by atoms with van der Waals surface area (Å²) in [5.74, 6) is -0.720. The van der Waals surface area contributed by atoms with Crippen LogP contribution in [0, 0.1) is 0 Å². The third-order valence-corrected chi connectivity index (χ3v) is 5.59. The van der Waals surface area contributed by atoms with Crippen LogP contribution < -0.4 is 0 Å². The molecule has 0 aromatic heterocycles. The standard InChI is InChI=1S/C25H50O6/c1-5-6-7-8-10-13-16-23(26)24(17-14-11-9-12-15-18-25(27)28)31-22(3)20-30-21(2)19-29-4/h21-24,26H,5-20H2,1-4H3,(H,27,28). The first-order chi connectivity index (χ1) is 14.9. The van der Waals surface area contributed by atoms with E-state index in [1.807, 2.05) is 13.8 Å². The van der Waals surface area contributed by atoms with Crippen molar-refractivity contribution >= 4 is 5.97 Å². The molecule has 0 aliphatic rings. The number of carbonyl (C=O) groups is 1. The third-order valence-electron chi connectivity index (χ3n) is 5.59. The van der Waals surface area contributed by atoms with Gasteiger partial charge in [0, 0.05) is 13.5 Å². The average Bonchev–Trinajstić information content (AvgIpc) is 2.73. The molecule has 31 heavy (non-hydrogen) atoms. The molecule has 186 valence electrons. The molecule has 0 aromatic rings. The Hall–Kier alpha value is -0.690. The number of ether oxygens (including phenoxy) is 3. The molecule has 0 aliphatic carbocycles. The van der Waals surface area contributed by atoms with E-state index in [1.54, 1.807) is 7.11 Å². The lowest BCUT2D eigenvalue weighted by molar-refractivity contribution is -0.137. The maximum atomic E-state index is 10.8. The predicted molar refractivity (Wildman–Crippen MR) is 126 cm³/mol. The summed E-state index contributed by atoms with van der Waals surface area (Å²) in [6.45, 7) is 7.23. The first-order valence-electron chi connectivity index (χ1n) is 12.6. The molecule has 0 aromatic carbocycles. The van der Waals surface area contributed by atoms with Crippen molar-refractivity contribution in [1.29, 1.82) is 0 Å². The maximum absolute atomic E-state index is 10.8. The van der Waals surface area contributed by atoms with Crippen molar-refractivity contribution in [2.75, 3.05) is 20.3 Å². The number of hydrogen-bond acceptors (Lipinski definition) is 5. The quantitative estimate of drug-likeness (QED) is 0.195. The normalized spacial score (nSPS) is 15.5. The monoisotopic (exact) mass is 446 g/mol. The fourth-order valence-electron chi connectivity index (χ4n) is 3.74. The molecule has 0 saturated heterocycles. The van der Waals surface area contributed by atoms with Gasteiger partial charge in [-0.3, -0.25) is 4.79 Å². The molecule has 4 atom stereocenters. The highest BCUT2D eigenvalue weighted by molar-refractivity contribution is 5.66. The molecule has 2 N–H and O–H groups in total. The number of aliphatic hydroxyl groups is 1. The number of methoxy groups -OCH3 is 1. The topological polar surface area (TPSA) is 85.2 Å². The lowest BCUT2D eigenvalue weighted by atomic mass is 9.99. The summed E-state index contributed by atoms with van der Waals surface area (Å²) in [6, 6.07) is 0. The number of aliphatic carboxylic acids is 1. The minimum atomic E-state index is -0.720. The van der Waals surface area contributed by atoms with Crippen molar-refractivity contribution in [3.05, 3.63) is 0 Å². The van der Waals surface area contributed by atoms with Gasteiger partial charge in [0.05, 0.1) is 37.6 Å². The Morgan fingerprint density at radius 1 is 0.806 bits per heavy atom. The van der Waals surface area contributed by atoms with Crippen LogP contribution in [-0.4, -0.2) is 60.9 Å². The molecule has 0 spiro atoms. The fraction of sp³-hybridized carbons (Fsp3) is 0.960. The van der Waals surface area contributed by atoms with Gasteiger partial charge in [-0.15, -0.1) is 0 Å². The van der Waals surface area contributed by atoms with E-state index < -0.39 is 12.1 Å². The second-order valence-electron chi connectivity index (χ2n) is 8.91. The molecular weight excluding hydrogens is 396 g/mol. The van der Waals surface area contributed by atoms with Crippen LogP contribution in [0.1, 0.15) is 111 Å². The zero-order valence-electron chi connectivity index (χ0n) is 20.7. The SMILES string of the molecule is CCCCCCCCC(O)C(CCCCCCCC(=O)O)OC(C)COC(C)COC. The first kappa shape index (κ1) is 30.3. The minimum Gasteiger partial charge on any atom is -0.481 e. The molecule has 6 nitrogen and oxygen atoms in total. The number of hydrogen-bond donors (Lipinski definition) is 2. The van der Waals surface area contributed by atoms with E-state index in [0.717, 1.165) is 51.4 Å². The average molecular weight is 447 g/mol. The molecule has 0 heterocycles. The highest BCUT2D eigenvalue weighted by Gasteiger charge is 2.22. The van der Waals surface area contributed by atoms with E-state index in [2.05, 4.69) is 6.92 Å². The van der Waals surface area contributed by atoms with E-state index >= 15 is 0 Å².